The lowest BCUT2D eigenvalue weighted by molar-refractivity contribution is -0.899. The molecule has 0 saturated heterocycles. The number of methoxy groups -OCH3 is 1. The number of carbonyl (C=O) groups excluding carboxylic acids is 1. The number of rotatable bonds is 7. The van der Waals surface area contributed by atoms with Crippen LogP contribution in [0.4, 0.5) is 5.69 Å². The topological polar surface area (TPSA) is 80.1 Å². The van der Waals surface area contributed by atoms with E-state index < -0.39 is 10.0 Å². The largest absolute Gasteiger partial charge is 0.495 e. The van der Waals surface area contributed by atoms with E-state index in [4.69, 9.17) is 4.74 Å². The zero-order valence-electron chi connectivity index (χ0n) is 16.0. The lowest BCUT2D eigenvalue weighted by Gasteiger charge is -2.27. The van der Waals surface area contributed by atoms with Gasteiger partial charge in [0.25, 0.3) is 5.91 Å². The van der Waals surface area contributed by atoms with Crippen molar-refractivity contribution in [1.29, 1.82) is 0 Å². The molecule has 1 atom stereocenters. The van der Waals surface area contributed by atoms with Gasteiger partial charge in [-0.05, 0) is 43.9 Å². The second-order valence-electron chi connectivity index (χ2n) is 7.06. The van der Waals surface area contributed by atoms with Crippen LogP contribution in [-0.2, 0) is 14.8 Å². The van der Waals surface area contributed by atoms with Crippen LogP contribution < -0.4 is 15.0 Å². The molecule has 146 valence electrons. The number of sulfonamides is 1. The maximum absolute atomic E-state index is 12.5. The second kappa shape index (κ2) is 8.83. The quantitative estimate of drug-likeness (QED) is 0.726. The first-order chi connectivity index (χ1) is 12.3. The van der Waals surface area contributed by atoms with Gasteiger partial charge in [0.1, 0.15) is 10.6 Å². The summed E-state index contributed by atoms with van der Waals surface area (Å²) < 4.78 is 31.2. The summed E-state index contributed by atoms with van der Waals surface area (Å²) in [7, 11) is 2.72. The summed E-state index contributed by atoms with van der Waals surface area (Å²) in [6.45, 7) is 0.368. The molecular weight excluding hydrogens is 354 g/mol. The third-order valence-corrected chi connectivity index (χ3v) is 6.78. The maximum atomic E-state index is 12.5. The molecule has 0 aliphatic heterocycles. The van der Waals surface area contributed by atoms with Gasteiger partial charge in [0.2, 0.25) is 10.0 Å². The van der Waals surface area contributed by atoms with Crippen LogP contribution in [0.1, 0.15) is 32.1 Å². The van der Waals surface area contributed by atoms with Gasteiger partial charge in [-0.1, -0.05) is 6.42 Å². The van der Waals surface area contributed by atoms with Gasteiger partial charge in [-0.25, -0.2) is 12.7 Å². The van der Waals surface area contributed by atoms with Gasteiger partial charge in [-0.15, -0.1) is 0 Å². The van der Waals surface area contributed by atoms with Crippen molar-refractivity contribution >= 4 is 21.6 Å². The van der Waals surface area contributed by atoms with Crippen molar-refractivity contribution in [3.63, 3.8) is 0 Å². The highest BCUT2D eigenvalue weighted by Crippen LogP contribution is 2.28. The third kappa shape index (κ3) is 4.96. The van der Waals surface area contributed by atoms with Crippen LogP contribution in [0.2, 0.25) is 0 Å². The summed E-state index contributed by atoms with van der Waals surface area (Å²) in [6, 6.07) is 5.18. The fraction of sp³-hybridized carbons (Fsp3) is 0.611. The predicted octanol–water partition coefficient (Wildman–Crippen LogP) is 0.731. The molecule has 2 rings (SSSR count). The van der Waals surface area contributed by atoms with Crippen LogP contribution in [0, 0.1) is 0 Å². The summed E-state index contributed by atoms with van der Waals surface area (Å²) in [5.41, 5.74) is 0.452. The first kappa shape index (κ1) is 20.7. The molecule has 0 spiro atoms. The number of hydrogen-bond acceptors (Lipinski definition) is 4. The van der Waals surface area contributed by atoms with E-state index in [1.807, 2.05) is 7.05 Å². The van der Waals surface area contributed by atoms with E-state index in [9.17, 15) is 13.2 Å². The molecule has 1 aromatic rings. The average molecular weight is 385 g/mol. The van der Waals surface area contributed by atoms with Crippen molar-refractivity contribution in [3.05, 3.63) is 18.2 Å². The monoisotopic (exact) mass is 384 g/mol. The predicted molar refractivity (Wildman–Crippen MR) is 101 cm³/mol. The second-order valence-corrected chi connectivity index (χ2v) is 9.18. The van der Waals surface area contributed by atoms with Gasteiger partial charge < -0.3 is 15.0 Å². The van der Waals surface area contributed by atoms with Gasteiger partial charge in [0.15, 0.2) is 6.54 Å². The number of hydrogen-bond donors (Lipinski definition) is 2. The summed E-state index contributed by atoms with van der Waals surface area (Å²) in [5, 5.41) is 2.82. The Balaban J connectivity index is 2.10. The molecular formula is C18H30N3O4S+. The highest BCUT2D eigenvalue weighted by Gasteiger charge is 2.25. The summed E-state index contributed by atoms with van der Waals surface area (Å²) in [6.07, 6.45) is 6.06. The van der Waals surface area contributed by atoms with Crippen LogP contribution in [0.3, 0.4) is 0 Å². The van der Waals surface area contributed by atoms with E-state index in [-0.39, 0.29) is 16.6 Å². The minimum atomic E-state index is -3.67. The molecule has 1 saturated carbocycles. The van der Waals surface area contributed by atoms with Crippen molar-refractivity contribution < 1.29 is 22.8 Å². The molecule has 2 N–H and O–H groups in total. The first-order valence-corrected chi connectivity index (χ1v) is 10.4. The number of ether oxygens (including phenoxy) is 1. The number of carbonyl (C=O) groups is 1. The Labute approximate surface area is 156 Å². The summed E-state index contributed by atoms with van der Waals surface area (Å²) in [4.78, 5) is 13.6. The Kier molecular flexibility index (Phi) is 7.02. The fourth-order valence-corrected chi connectivity index (χ4v) is 4.43. The number of quaternary nitrogens is 1. The van der Waals surface area contributed by atoms with Gasteiger partial charge in [-0.3, -0.25) is 4.79 Å². The standard InChI is InChI=1S/C18H29N3O4S/c1-20(2)26(23,24)17-12-14(10-11-16(17)25-4)19-18(22)13-21(3)15-8-6-5-7-9-15/h10-12,15H,5-9,13H2,1-4H3,(H,19,22)/p+1. The third-order valence-electron chi connectivity index (χ3n) is 4.95. The van der Waals surface area contributed by atoms with Crippen LogP contribution in [-0.4, -0.2) is 59.5 Å². The molecule has 1 amide bonds. The van der Waals surface area contributed by atoms with Crippen molar-refractivity contribution in [3.8, 4) is 5.75 Å². The van der Waals surface area contributed by atoms with Gasteiger partial charge in [0, 0.05) is 19.8 Å². The molecule has 26 heavy (non-hydrogen) atoms. The number of nitrogens with zero attached hydrogens (tertiary/aromatic N) is 1. The molecule has 1 fully saturated rings. The highest BCUT2D eigenvalue weighted by atomic mass is 32.2. The lowest BCUT2D eigenvalue weighted by Crippen LogP contribution is -3.14. The molecule has 0 heterocycles. The Morgan fingerprint density at radius 1 is 1.27 bits per heavy atom. The Hall–Kier alpha value is -1.64. The van der Waals surface area contributed by atoms with E-state index in [1.54, 1.807) is 12.1 Å². The minimum absolute atomic E-state index is 0.0378. The molecule has 0 bridgehead atoms. The zero-order valence-corrected chi connectivity index (χ0v) is 16.9. The molecule has 1 unspecified atom stereocenters. The van der Waals surface area contributed by atoms with Gasteiger partial charge >= 0.3 is 0 Å². The van der Waals surface area contributed by atoms with E-state index in [0.717, 1.165) is 17.1 Å². The van der Waals surface area contributed by atoms with Crippen molar-refractivity contribution in [2.75, 3.05) is 40.1 Å². The van der Waals surface area contributed by atoms with Crippen LogP contribution in [0.5, 0.6) is 5.75 Å². The first-order valence-electron chi connectivity index (χ1n) is 8.98. The van der Waals surface area contributed by atoms with Crippen molar-refractivity contribution in [2.24, 2.45) is 0 Å². The maximum Gasteiger partial charge on any atom is 0.279 e. The molecule has 1 aliphatic carbocycles. The molecule has 7 nitrogen and oxygen atoms in total. The Morgan fingerprint density at radius 2 is 1.92 bits per heavy atom. The average Bonchev–Trinajstić information content (AvgIpc) is 2.62. The van der Waals surface area contributed by atoms with E-state index >= 15 is 0 Å². The lowest BCUT2D eigenvalue weighted by atomic mass is 9.94. The smallest absolute Gasteiger partial charge is 0.279 e. The number of amides is 1. The molecule has 1 aliphatic rings. The summed E-state index contributed by atoms with van der Waals surface area (Å²) >= 11 is 0. The van der Waals surface area contributed by atoms with E-state index in [1.165, 1.54) is 51.4 Å². The van der Waals surface area contributed by atoms with Crippen molar-refractivity contribution in [2.45, 2.75) is 43.0 Å². The van der Waals surface area contributed by atoms with Crippen LogP contribution >= 0.6 is 0 Å². The molecule has 1 aromatic carbocycles. The molecule has 0 aromatic heterocycles. The number of likely N-dealkylation sites (N-methyl/N-ethyl adjacent to an activating group) is 1. The van der Waals surface area contributed by atoms with Gasteiger partial charge in [0.05, 0.1) is 20.2 Å². The highest BCUT2D eigenvalue weighted by molar-refractivity contribution is 7.89. The summed E-state index contributed by atoms with van der Waals surface area (Å²) in [5.74, 6) is 0.132. The van der Waals surface area contributed by atoms with Crippen molar-refractivity contribution in [1.82, 2.24) is 4.31 Å². The fourth-order valence-electron chi connectivity index (χ4n) is 3.35. The van der Waals surface area contributed by atoms with Crippen LogP contribution in [0.25, 0.3) is 0 Å². The minimum Gasteiger partial charge on any atom is -0.495 e. The Bertz CT molecular complexity index is 728. The Morgan fingerprint density at radius 3 is 2.50 bits per heavy atom. The van der Waals surface area contributed by atoms with Crippen LogP contribution in [0.15, 0.2) is 23.1 Å². The van der Waals surface area contributed by atoms with Gasteiger partial charge in [-0.2, -0.15) is 0 Å². The SMILES string of the molecule is COc1ccc(NC(=O)C[NH+](C)C2CCCCC2)cc1S(=O)(=O)N(C)C. The molecule has 8 heteroatoms. The van der Waals surface area contributed by atoms with E-state index in [2.05, 4.69) is 5.32 Å². The number of benzene rings is 1. The molecule has 0 radical (unpaired) electrons. The number of anilines is 1. The number of nitrogens with one attached hydrogen (secondary N) is 2. The normalized spacial score (nSPS) is 17.1. The zero-order chi connectivity index (χ0) is 19.3. The van der Waals surface area contributed by atoms with E-state index in [0.29, 0.717) is 18.3 Å².